The van der Waals surface area contributed by atoms with Crippen molar-refractivity contribution in [3.05, 3.63) is 60.8 Å². The van der Waals surface area contributed by atoms with Crippen LogP contribution in [0.3, 0.4) is 0 Å². The molecule has 0 atom stereocenters. The monoisotopic (exact) mass is 398 g/mol. The van der Waals surface area contributed by atoms with Crippen molar-refractivity contribution in [3.63, 3.8) is 0 Å². The number of hydrogen-bond acceptors (Lipinski definition) is 5. The molecule has 1 heterocycles. The van der Waals surface area contributed by atoms with Gasteiger partial charge in [0.15, 0.2) is 0 Å². The molecule has 0 bridgehead atoms. The Morgan fingerprint density at radius 2 is 1.64 bits per heavy atom. The molecule has 1 aromatic heterocycles. The first-order valence-corrected chi connectivity index (χ1v) is 10.5. The van der Waals surface area contributed by atoms with Gasteiger partial charge in [-0.3, -0.25) is 14.1 Å². The van der Waals surface area contributed by atoms with Gasteiger partial charge in [-0.2, -0.15) is 0 Å². The highest BCUT2D eigenvalue weighted by molar-refractivity contribution is 7.92. The van der Waals surface area contributed by atoms with E-state index in [0.717, 1.165) is 21.6 Å². The number of carbonyl (C=O) groups is 1. The first kappa shape index (κ1) is 19.6. The Hall–Kier alpha value is -3.13. The lowest BCUT2D eigenvalue weighted by Gasteiger charge is -2.23. The normalized spacial score (nSPS) is 11.2. The van der Waals surface area contributed by atoms with E-state index in [2.05, 4.69) is 10.3 Å². The number of pyridine rings is 1. The molecule has 1 amide bonds. The van der Waals surface area contributed by atoms with E-state index >= 15 is 0 Å². The average Bonchev–Trinajstić information content (AvgIpc) is 2.66. The molecule has 7 nitrogen and oxygen atoms in total. The minimum atomic E-state index is -3.64. The number of amides is 1. The van der Waals surface area contributed by atoms with E-state index in [4.69, 9.17) is 0 Å². The van der Waals surface area contributed by atoms with Gasteiger partial charge in [-0.25, -0.2) is 8.42 Å². The zero-order valence-corrected chi connectivity index (χ0v) is 16.8. The van der Waals surface area contributed by atoms with E-state index in [1.807, 2.05) is 43.3 Å². The van der Waals surface area contributed by atoms with Crippen LogP contribution in [0.2, 0.25) is 0 Å². The van der Waals surface area contributed by atoms with Crippen molar-refractivity contribution in [1.29, 1.82) is 0 Å². The number of nitrogens with zero attached hydrogens (tertiary/aromatic N) is 3. The van der Waals surface area contributed by atoms with Crippen LogP contribution in [-0.2, 0) is 14.8 Å². The molecule has 0 aliphatic carbocycles. The molecular formula is C20H22N4O3S. The molecule has 8 heteroatoms. The lowest BCUT2D eigenvalue weighted by molar-refractivity contribution is -0.114. The van der Waals surface area contributed by atoms with Gasteiger partial charge in [0.25, 0.3) is 0 Å². The number of nitrogens with one attached hydrogen (secondary N) is 1. The lowest BCUT2D eigenvalue weighted by atomic mass is 10.2. The van der Waals surface area contributed by atoms with Crippen LogP contribution in [0, 0.1) is 0 Å². The summed E-state index contributed by atoms with van der Waals surface area (Å²) >= 11 is 0. The third-order valence-electron chi connectivity index (χ3n) is 4.25. The summed E-state index contributed by atoms with van der Waals surface area (Å²) in [7, 11) is 0.158. The summed E-state index contributed by atoms with van der Waals surface area (Å²) in [4.78, 5) is 18.8. The van der Waals surface area contributed by atoms with Gasteiger partial charge in [0.1, 0.15) is 6.54 Å². The van der Waals surface area contributed by atoms with E-state index < -0.39 is 15.9 Å². The fraction of sp³-hybridized carbons (Fsp3) is 0.200. The van der Waals surface area contributed by atoms with Crippen LogP contribution in [0.4, 0.5) is 17.1 Å². The quantitative estimate of drug-likeness (QED) is 0.690. The van der Waals surface area contributed by atoms with Crippen molar-refractivity contribution in [2.45, 2.75) is 0 Å². The fourth-order valence-corrected chi connectivity index (χ4v) is 3.70. The number of benzene rings is 2. The minimum absolute atomic E-state index is 0.330. The van der Waals surface area contributed by atoms with Crippen molar-refractivity contribution in [2.24, 2.45) is 0 Å². The lowest BCUT2D eigenvalue weighted by Crippen LogP contribution is -2.37. The first-order valence-electron chi connectivity index (χ1n) is 8.64. The highest BCUT2D eigenvalue weighted by atomic mass is 32.2. The number of aromatic nitrogens is 1. The van der Waals surface area contributed by atoms with Crippen molar-refractivity contribution in [2.75, 3.05) is 41.4 Å². The average molecular weight is 398 g/mol. The largest absolute Gasteiger partial charge is 0.378 e. The second-order valence-electron chi connectivity index (χ2n) is 6.61. The Morgan fingerprint density at radius 1 is 1.00 bits per heavy atom. The van der Waals surface area contributed by atoms with E-state index in [-0.39, 0.29) is 6.54 Å². The number of hydrogen-bond donors (Lipinski definition) is 1. The third-order valence-corrected chi connectivity index (χ3v) is 5.39. The van der Waals surface area contributed by atoms with Gasteiger partial charge in [-0.15, -0.1) is 0 Å². The molecule has 28 heavy (non-hydrogen) atoms. The topological polar surface area (TPSA) is 82.6 Å². The van der Waals surface area contributed by atoms with Crippen molar-refractivity contribution < 1.29 is 13.2 Å². The van der Waals surface area contributed by atoms with Crippen LogP contribution in [0.5, 0.6) is 0 Å². The molecule has 0 saturated carbocycles. The molecule has 0 aliphatic rings. The van der Waals surface area contributed by atoms with Gasteiger partial charge >= 0.3 is 0 Å². The molecule has 0 unspecified atom stereocenters. The molecule has 0 saturated heterocycles. The Bertz CT molecular complexity index is 1090. The maximum atomic E-state index is 12.6. The number of rotatable bonds is 6. The van der Waals surface area contributed by atoms with Crippen LogP contribution in [0.1, 0.15) is 0 Å². The summed E-state index contributed by atoms with van der Waals surface area (Å²) in [5.74, 6) is -0.444. The maximum absolute atomic E-state index is 12.6. The number of anilines is 3. The van der Waals surface area contributed by atoms with Gasteiger partial charge in [0, 0.05) is 31.4 Å². The predicted molar refractivity (Wildman–Crippen MR) is 113 cm³/mol. The summed E-state index contributed by atoms with van der Waals surface area (Å²) < 4.78 is 25.6. The molecule has 2 aromatic carbocycles. The molecule has 3 rings (SSSR count). The minimum Gasteiger partial charge on any atom is -0.378 e. The molecule has 0 spiro atoms. The van der Waals surface area contributed by atoms with Gasteiger partial charge in [-0.05, 0) is 36.4 Å². The summed E-state index contributed by atoms with van der Waals surface area (Å²) in [5.41, 5.74) is 2.56. The summed E-state index contributed by atoms with van der Waals surface area (Å²) in [6.45, 7) is -0.330. The Kier molecular flexibility index (Phi) is 5.51. The highest BCUT2D eigenvalue weighted by Gasteiger charge is 2.21. The maximum Gasteiger partial charge on any atom is 0.245 e. The van der Waals surface area contributed by atoms with Crippen LogP contribution >= 0.6 is 0 Å². The Balaban J connectivity index is 1.84. The standard InChI is InChI=1S/C20H22N4O3S/c1-23(2)16-9-11-17(12-10-16)24(28(3,26)27)14-19(25)22-18-8-4-6-15-7-5-13-21-20(15)18/h4-13H,14H2,1-3H3,(H,22,25). The van der Waals surface area contributed by atoms with E-state index in [1.54, 1.807) is 36.5 Å². The second-order valence-corrected chi connectivity index (χ2v) is 8.52. The Morgan fingerprint density at radius 3 is 2.29 bits per heavy atom. The highest BCUT2D eigenvalue weighted by Crippen LogP contribution is 2.23. The summed E-state index contributed by atoms with van der Waals surface area (Å²) in [5, 5.41) is 3.66. The molecule has 0 radical (unpaired) electrons. The van der Waals surface area contributed by atoms with E-state index in [0.29, 0.717) is 16.9 Å². The van der Waals surface area contributed by atoms with Gasteiger partial charge in [0.2, 0.25) is 15.9 Å². The van der Waals surface area contributed by atoms with Gasteiger partial charge in [0.05, 0.1) is 23.1 Å². The van der Waals surface area contributed by atoms with E-state index in [1.165, 1.54) is 0 Å². The Labute approximate surface area is 164 Å². The van der Waals surface area contributed by atoms with Crippen LogP contribution < -0.4 is 14.5 Å². The van der Waals surface area contributed by atoms with Crippen molar-refractivity contribution in [1.82, 2.24) is 4.98 Å². The van der Waals surface area contributed by atoms with Crippen LogP contribution in [-0.4, -0.2) is 46.2 Å². The smallest absolute Gasteiger partial charge is 0.245 e. The number of sulfonamides is 1. The molecule has 3 aromatic rings. The van der Waals surface area contributed by atoms with Gasteiger partial charge < -0.3 is 10.2 Å². The zero-order valence-electron chi connectivity index (χ0n) is 16.0. The van der Waals surface area contributed by atoms with Gasteiger partial charge in [-0.1, -0.05) is 18.2 Å². The molecular weight excluding hydrogens is 376 g/mol. The molecule has 0 aliphatic heterocycles. The van der Waals surface area contributed by atoms with Crippen molar-refractivity contribution >= 4 is 43.9 Å². The fourth-order valence-electron chi connectivity index (χ4n) is 2.84. The summed E-state index contributed by atoms with van der Waals surface area (Å²) in [6.07, 6.45) is 2.73. The zero-order chi connectivity index (χ0) is 20.3. The summed E-state index contributed by atoms with van der Waals surface area (Å²) in [6, 6.07) is 16.1. The number of fused-ring (bicyclic) bond motifs is 1. The number of para-hydroxylation sites is 1. The van der Waals surface area contributed by atoms with Crippen LogP contribution in [0.15, 0.2) is 60.8 Å². The third kappa shape index (κ3) is 4.40. The first-order chi connectivity index (χ1) is 13.3. The molecule has 0 fully saturated rings. The molecule has 146 valence electrons. The predicted octanol–water partition coefficient (Wildman–Crippen LogP) is 2.71. The van der Waals surface area contributed by atoms with Crippen LogP contribution in [0.25, 0.3) is 10.9 Å². The van der Waals surface area contributed by atoms with E-state index in [9.17, 15) is 13.2 Å². The molecule has 1 N–H and O–H groups in total. The second kappa shape index (κ2) is 7.85. The van der Waals surface area contributed by atoms with Crippen molar-refractivity contribution in [3.8, 4) is 0 Å². The SMILES string of the molecule is CN(C)c1ccc(N(CC(=O)Nc2cccc3cccnc23)S(C)(=O)=O)cc1. The number of carbonyl (C=O) groups excluding carboxylic acids is 1.